The van der Waals surface area contributed by atoms with Gasteiger partial charge in [-0.25, -0.2) is 17.7 Å². The molecule has 0 radical (unpaired) electrons. The minimum atomic E-state index is -1.21. The highest BCUT2D eigenvalue weighted by Crippen LogP contribution is 2.31. The maximum atomic E-state index is 14.1. The summed E-state index contributed by atoms with van der Waals surface area (Å²) < 4.78 is 42.3. The van der Waals surface area contributed by atoms with Gasteiger partial charge in [0.25, 0.3) is 5.56 Å². The van der Waals surface area contributed by atoms with E-state index < -0.39 is 29.4 Å². The van der Waals surface area contributed by atoms with Gasteiger partial charge in [0.05, 0.1) is 0 Å². The van der Waals surface area contributed by atoms with E-state index in [0.717, 1.165) is 6.07 Å². The summed E-state index contributed by atoms with van der Waals surface area (Å²) in [6.45, 7) is 0.887. The van der Waals surface area contributed by atoms with Crippen molar-refractivity contribution in [2.45, 2.75) is 18.4 Å². The largest absolute Gasteiger partial charge is 0.354 e. The van der Waals surface area contributed by atoms with Crippen molar-refractivity contribution in [1.82, 2.24) is 14.6 Å². The molecule has 6 nitrogen and oxygen atoms in total. The van der Waals surface area contributed by atoms with E-state index in [9.17, 15) is 18.0 Å². The van der Waals surface area contributed by atoms with Gasteiger partial charge in [0, 0.05) is 43.4 Å². The third-order valence-electron chi connectivity index (χ3n) is 4.83. The molecular formula is C18H16F3N5O. The van der Waals surface area contributed by atoms with Gasteiger partial charge >= 0.3 is 0 Å². The number of hydrogen-bond acceptors (Lipinski definition) is 5. The molecule has 0 bridgehead atoms. The number of aromatic nitrogens is 3. The molecular weight excluding hydrogens is 359 g/mol. The van der Waals surface area contributed by atoms with Crippen LogP contribution in [0.1, 0.15) is 17.9 Å². The summed E-state index contributed by atoms with van der Waals surface area (Å²) in [6, 6.07) is 5.68. The van der Waals surface area contributed by atoms with Gasteiger partial charge in [-0.2, -0.15) is 4.98 Å². The second-order valence-corrected chi connectivity index (χ2v) is 6.55. The lowest BCUT2D eigenvalue weighted by Gasteiger charge is -2.37. The third kappa shape index (κ3) is 3.25. The molecule has 140 valence electrons. The summed E-state index contributed by atoms with van der Waals surface area (Å²) in [6.07, 6.45) is 1.99. The Kier molecular flexibility index (Phi) is 4.31. The smallest absolute Gasteiger partial charge is 0.273 e. The number of anilines is 1. The monoisotopic (exact) mass is 375 g/mol. The highest BCUT2D eigenvalue weighted by Gasteiger charge is 2.31. The highest BCUT2D eigenvalue weighted by atomic mass is 19.2. The molecule has 2 N–H and O–H groups in total. The molecule has 1 aliphatic heterocycles. The van der Waals surface area contributed by atoms with E-state index in [1.165, 1.54) is 16.8 Å². The van der Waals surface area contributed by atoms with Gasteiger partial charge in [-0.05, 0) is 30.2 Å². The predicted octanol–water partition coefficient (Wildman–Crippen LogP) is 1.83. The summed E-state index contributed by atoms with van der Waals surface area (Å²) >= 11 is 0. The molecule has 0 amide bonds. The molecule has 0 saturated carbocycles. The number of fused-ring (bicyclic) bond motifs is 1. The number of nitrogens with zero attached hydrogens (tertiary/aromatic N) is 4. The number of hydrogen-bond donors (Lipinski definition) is 1. The Labute approximate surface area is 152 Å². The zero-order valence-electron chi connectivity index (χ0n) is 14.1. The lowest BCUT2D eigenvalue weighted by atomic mass is 9.85. The summed E-state index contributed by atoms with van der Waals surface area (Å²) in [5.74, 6) is -2.88. The molecule has 4 rings (SSSR count). The van der Waals surface area contributed by atoms with Crippen molar-refractivity contribution in [2.75, 3.05) is 18.0 Å². The average Bonchev–Trinajstić information content (AvgIpc) is 2.64. The van der Waals surface area contributed by atoms with Crippen LogP contribution in [0.25, 0.3) is 5.65 Å². The van der Waals surface area contributed by atoms with Crippen LogP contribution in [-0.2, 0) is 0 Å². The standard InChI is InChI=1S/C18H16F3N5O/c19-12-8-14(21)13(20)7-11(12)10-3-5-25(9-15(10)22)17-2-1-16-23-18(27)4-6-26(16)24-17/h1-2,4,6-8,10,15H,3,5,9,22H2. The van der Waals surface area contributed by atoms with Crippen molar-refractivity contribution in [3.63, 3.8) is 0 Å². The van der Waals surface area contributed by atoms with Gasteiger partial charge in [0.2, 0.25) is 0 Å². The normalized spacial score (nSPS) is 20.2. The Hall–Kier alpha value is -2.94. The van der Waals surface area contributed by atoms with Crippen LogP contribution in [0, 0.1) is 17.5 Å². The zero-order valence-corrected chi connectivity index (χ0v) is 14.1. The van der Waals surface area contributed by atoms with E-state index in [-0.39, 0.29) is 11.1 Å². The van der Waals surface area contributed by atoms with Crippen molar-refractivity contribution >= 4 is 11.5 Å². The van der Waals surface area contributed by atoms with Crippen molar-refractivity contribution in [2.24, 2.45) is 5.73 Å². The number of rotatable bonds is 2. The van der Waals surface area contributed by atoms with Crippen molar-refractivity contribution < 1.29 is 13.2 Å². The number of benzene rings is 1. The third-order valence-corrected chi connectivity index (χ3v) is 4.83. The first kappa shape index (κ1) is 17.5. The molecule has 1 aliphatic rings. The maximum absolute atomic E-state index is 14.1. The van der Waals surface area contributed by atoms with Crippen LogP contribution >= 0.6 is 0 Å². The van der Waals surface area contributed by atoms with E-state index in [0.29, 0.717) is 37.0 Å². The molecule has 2 unspecified atom stereocenters. The Morgan fingerprint density at radius 3 is 2.63 bits per heavy atom. The number of nitrogens with two attached hydrogens (primary N) is 1. The van der Waals surface area contributed by atoms with Gasteiger partial charge in [-0.15, -0.1) is 5.10 Å². The van der Waals surface area contributed by atoms with Gasteiger partial charge in [0.15, 0.2) is 17.3 Å². The van der Waals surface area contributed by atoms with Crippen LogP contribution in [-0.4, -0.2) is 33.7 Å². The van der Waals surface area contributed by atoms with Crippen LogP contribution in [0.2, 0.25) is 0 Å². The second-order valence-electron chi connectivity index (χ2n) is 6.55. The fraction of sp³-hybridized carbons (Fsp3) is 0.278. The fourth-order valence-electron chi connectivity index (χ4n) is 3.47. The molecule has 3 aromatic rings. The van der Waals surface area contributed by atoms with Gasteiger partial charge in [0.1, 0.15) is 11.6 Å². The minimum absolute atomic E-state index is 0.0917. The molecule has 27 heavy (non-hydrogen) atoms. The van der Waals surface area contributed by atoms with Crippen molar-refractivity contribution in [1.29, 1.82) is 0 Å². The van der Waals surface area contributed by atoms with Crippen LogP contribution in [0.3, 0.4) is 0 Å². The molecule has 3 heterocycles. The first-order chi connectivity index (χ1) is 12.9. The zero-order chi connectivity index (χ0) is 19.1. The van der Waals surface area contributed by atoms with Crippen molar-refractivity contribution in [3.05, 3.63) is 69.9 Å². The van der Waals surface area contributed by atoms with Crippen molar-refractivity contribution in [3.8, 4) is 0 Å². The average molecular weight is 375 g/mol. The Bertz CT molecular complexity index is 1070. The second kappa shape index (κ2) is 6.66. The quantitative estimate of drug-likeness (QED) is 0.692. The van der Waals surface area contributed by atoms with E-state index in [2.05, 4.69) is 10.1 Å². The predicted molar refractivity (Wildman–Crippen MR) is 93.1 cm³/mol. The minimum Gasteiger partial charge on any atom is -0.354 e. The van der Waals surface area contributed by atoms with E-state index in [4.69, 9.17) is 5.73 Å². The van der Waals surface area contributed by atoms with Crippen LogP contribution in [0.5, 0.6) is 0 Å². The summed E-state index contributed by atoms with van der Waals surface area (Å²) in [7, 11) is 0. The molecule has 1 saturated heterocycles. The first-order valence-electron chi connectivity index (χ1n) is 8.44. The molecule has 2 atom stereocenters. The molecule has 2 aromatic heterocycles. The Balaban J connectivity index is 1.58. The number of piperidine rings is 1. The molecule has 9 heteroatoms. The SMILES string of the molecule is NC1CN(c2ccc3nc(=O)ccn3n2)CCC1c1cc(F)c(F)cc1F. The first-order valence-corrected chi connectivity index (χ1v) is 8.44. The van der Waals surface area contributed by atoms with Gasteiger partial charge in [-0.1, -0.05) is 0 Å². The topological polar surface area (TPSA) is 76.5 Å². The Morgan fingerprint density at radius 1 is 1.07 bits per heavy atom. The molecule has 1 fully saturated rings. The Morgan fingerprint density at radius 2 is 1.85 bits per heavy atom. The number of halogens is 3. The summed E-state index contributed by atoms with van der Waals surface area (Å²) in [5.41, 5.74) is 6.39. The molecule has 0 spiro atoms. The fourth-order valence-corrected chi connectivity index (χ4v) is 3.47. The van der Waals surface area contributed by atoms with Gasteiger partial charge < -0.3 is 10.6 Å². The van der Waals surface area contributed by atoms with Crippen LogP contribution in [0.4, 0.5) is 19.0 Å². The highest BCUT2D eigenvalue weighted by molar-refractivity contribution is 5.46. The van der Waals surface area contributed by atoms with Crippen LogP contribution in [0.15, 0.2) is 41.3 Å². The van der Waals surface area contributed by atoms with Crippen LogP contribution < -0.4 is 16.2 Å². The molecule has 0 aliphatic carbocycles. The van der Waals surface area contributed by atoms with E-state index in [1.807, 2.05) is 4.90 Å². The molecule has 1 aromatic carbocycles. The summed E-state index contributed by atoms with van der Waals surface area (Å²) in [5, 5.41) is 4.42. The van der Waals surface area contributed by atoms with E-state index in [1.54, 1.807) is 12.1 Å². The van der Waals surface area contributed by atoms with E-state index >= 15 is 0 Å². The lowest BCUT2D eigenvalue weighted by molar-refractivity contribution is 0.415. The lowest BCUT2D eigenvalue weighted by Crippen LogP contribution is -2.48. The van der Waals surface area contributed by atoms with Gasteiger partial charge in [-0.3, -0.25) is 4.79 Å². The maximum Gasteiger partial charge on any atom is 0.273 e. The summed E-state index contributed by atoms with van der Waals surface area (Å²) in [4.78, 5) is 17.1.